The van der Waals surface area contributed by atoms with Crippen LogP contribution in [0.4, 0.5) is 0 Å². The van der Waals surface area contributed by atoms with Gasteiger partial charge < -0.3 is 5.73 Å². The Balaban J connectivity index is 1.46. The maximum atomic E-state index is 5.52. The lowest BCUT2D eigenvalue weighted by molar-refractivity contribution is 0.570. The highest BCUT2D eigenvalue weighted by Gasteiger charge is 2.01. The van der Waals surface area contributed by atoms with Crippen LogP contribution in [-0.2, 0) is 6.42 Å². The van der Waals surface area contributed by atoms with Crippen molar-refractivity contribution in [3.8, 4) is 0 Å². The lowest BCUT2D eigenvalue weighted by Crippen LogP contribution is -1.97. The summed E-state index contributed by atoms with van der Waals surface area (Å²) in [5.74, 6) is 0. The molecule has 0 saturated heterocycles. The van der Waals surface area contributed by atoms with Crippen LogP contribution < -0.4 is 5.73 Å². The van der Waals surface area contributed by atoms with E-state index >= 15 is 0 Å². The molecule has 0 fully saturated rings. The van der Waals surface area contributed by atoms with Gasteiger partial charge in [0.25, 0.3) is 0 Å². The van der Waals surface area contributed by atoms with Crippen molar-refractivity contribution in [3.05, 3.63) is 54.1 Å². The second kappa shape index (κ2) is 9.53. The van der Waals surface area contributed by atoms with Crippen LogP contribution in [0.25, 0.3) is 21.8 Å². The summed E-state index contributed by atoms with van der Waals surface area (Å²) in [6, 6.07) is 17.4. The number of aryl methyl sites for hydroxylation is 1. The average molecular weight is 335 g/mol. The number of para-hydroxylation sites is 1. The van der Waals surface area contributed by atoms with E-state index in [9.17, 15) is 0 Å². The molecule has 0 aliphatic heterocycles. The summed E-state index contributed by atoms with van der Waals surface area (Å²) in [6.07, 6.45) is 11.7. The zero-order chi connectivity index (χ0) is 17.3. The minimum absolute atomic E-state index is 0.844. The van der Waals surface area contributed by atoms with Gasteiger partial charge in [-0.2, -0.15) is 0 Å². The number of benzene rings is 2. The largest absolute Gasteiger partial charge is 0.330 e. The third-order valence-electron chi connectivity index (χ3n) is 5.00. The number of fused-ring (bicyclic) bond motifs is 2. The molecule has 1 heterocycles. The van der Waals surface area contributed by atoms with E-state index in [1.807, 2.05) is 6.07 Å². The van der Waals surface area contributed by atoms with Gasteiger partial charge >= 0.3 is 0 Å². The van der Waals surface area contributed by atoms with E-state index in [2.05, 4.69) is 42.5 Å². The summed E-state index contributed by atoms with van der Waals surface area (Å²) in [5, 5.41) is 2.48. The predicted octanol–water partition coefficient (Wildman–Crippen LogP) is 6.01. The maximum Gasteiger partial charge on any atom is 0.0709 e. The SMILES string of the molecule is NCCCCCCCCCCc1ccc2nc3ccccc3cc2c1. The molecule has 2 heteroatoms. The van der Waals surface area contributed by atoms with E-state index in [0.717, 1.165) is 17.6 Å². The van der Waals surface area contributed by atoms with Crippen LogP contribution in [0.1, 0.15) is 56.9 Å². The molecule has 0 amide bonds. The molecule has 1 aromatic heterocycles. The number of hydrogen-bond donors (Lipinski definition) is 1. The molecular weight excluding hydrogens is 304 g/mol. The summed E-state index contributed by atoms with van der Waals surface area (Å²) < 4.78 is 0. The van der Waals surface area contributed by atoms with E-state index in [1.54, 1.807) is 0 Å². The third-order valence-corrected chi connectivity index (χ3v) is 5.00. The summed E-state index contributed by atoms with van der Waals surface area (Å²) in [7, 11) is 0. The highest BCUT2D eigenvalue weighted by Crippen LogP contribution is 2.21. The molecule has 25 heavy (non-hydrogen) atoms. The fourth-order valence-electron chi connectivity index (χ4n) is 3.52. The van der Waals surface area contributed by atoms with Gasteiger partial charge in [0.15, 0.2) is 0 Å². The summed E-state index contributed by atoms with van der Waals surface area (Å²) in [5.41, 5.74) is 9.13. The van der Waals surface area contributed by atoms with Crippen molar-refractivity contribution in [2.45, 2.75) is 57.8 Å². The van der Waals surface area contributed by atoms with Gasteiger partial charge in [0.05, 0.1) is 11.0 Å². The molecule has 3 rings (SSSR count). The monoisotopic (exact) mass is 334 g/mol. The van der Waals surface area contributed by atoms with Crippen LogP contribution in [0.15, 0.2) is 48.5 Å². The Hall–Kier alpha value is -1.93. The molecular formula is C23H30N2. The maximum absolute atomic E-state index is 5.52. The minimum atomic E-state index is 0.844. The summed E-state index contributed by atoms with van der Waals surface area (Å²) in [6.45, 7) is 0.844. The van der Waals surface area contributed by atoms with Crippen LogP contribution in [0.3, 0.4) is 0 Å². The number of rotatable bonds is 10. The number of pyridine rings is 1. The van der Waals surface area contributed by atoms with E-state index in [1.165, 1.54) is 74.1 Å². The van der Waals surface area contributed by atoms with Gasteiger partial charge in [-0.15, -0.1) is 0 Å². The van der Waals surface area contributed by atoms with Gasteiger partial charge in [-0.05, 0) is 55.6 Å². The van der Waals surface area contributed by atoms with Gasteiger partial charge in [0.2, 0.25) is 0 Å². The van der Waals surface area contributed by atoms with Crippen LogP contribution in [0, 0.1) is 0 Å². The molecule has 0 spiro atoms. The first-order chi connectivity index (χ1) is 12.4. The third kappa shape index (κ3) is 5.27. The second-order valence-electron chi connectivity index (χ2n) is 7.08. The molecule has 0 aliphatic rings. The molecule has 132 valence electrons. The Bertz CT molecular complexity index is 794. The molecule has 0 saturated carbocycles. The Morgan fingerprint density at radius 2 is 1.32 bits per heavy atom. The first-order valence-electron chi connectivity index (χ1n) is 9.85. The molecule has 0 unspecified atom stereocenters. The van der Waals surface area contributed by atoms with Crippen molar-refractivity contribution in [3.63, 3.8) is 0 Å². The zero-order valence-electron chi connectivity index (χ0n) is 15.2. The van der Waals surface area contributed by atoms with E-state index in [-0.39, 0.29) is 0 Å². The van der Waals surface area contributed by atoms with Crippen molar-refractivity contribution in [1.29, 1.82) is 0 Å². The lowest BCUT2D eigenvalue weighted by Gasteiger charge is -2.06. The quantitative estimate of drug-likeness (QED) is 0.364. The zero-order valence-corrected chi connectivity index (χ0v) is 15.2. The number of aromatic nitrogens is 1. The topological polar surface area (TPSA) is 38.9 Å². The Morgan fingerprint density at radius 3 is 2.12 bits per heavy atom. The molecule has 3 aromatic rings. The van der Waals surface area contributed by atoms with Gasteiger partial charge in [-0.1, -0.05) is 62.8 Å². The van der Waals surface area contributed by atoms with Crippen molar-refractivity contribution in [2.75, 3.05) is 6.54 Å². The van der Waals surface area contributed by atoms with Crippen molar-refractivity contribution in [2.24, 2.45) is 5.73 Å². The number of nitrogens with zero attached hydrogens (tertiary/aromatic N) is 1. The van der Waals surface area contributed by atoms with Gasteiger partial charge in [-0.25, -0.2) is 4.98 Å². The van der Waals surface area contributed by atoms with Crippen LogP contribution in [-0.4, -0.2) is 11.5 Å². The van der Waals surface area contributed by atoms with Gasteiger partial charge in [-0.3, -0.25) is 0 Å². The van der Waals surface area contributed by atoms with E-state index in [0.29, 0.717) is 0 Å². The number of nitrogens with two attached hydrogens (primary N) is 1. The van der Waals surface area contributed by atoms with Gasteiger partial charge in [0, 0.05) is 10.8 Å². The highest BCUT2D eigenvalue weighted by atomic mass is 14.7. The second-order valence-corrected chi connectivity index (χ2v) is 7.08. The van der Waals surface area contributed by atoms with Crippen molar-refractivity contribution >= 4 is 21.8 Å². The molecule has 0 aliphatic carbocycles. The molecule has 0 atom stereocenters. The molecule has 2 nitrogen and oxygen atoms in total. The molecule has 2 N–H and O–H groups in total. The number of unbranched alkanes of at least 4 members (excludes halogenated alkanes) is 7. The van der Waals surface area contributed by atoms with Crippen LogP contribution in [0.2, 0.25) is 0 Å². The van der Waals surface area contributed by atoms with Crippen molar-refractivity contribution < 1.29 is 0 Å². The Kier molecular flexibility index (Phi) is 6.81. The minimum Gasteiger partial charge on any atom is -0.330 e. The first-order valence-corrected chi connectivity index (χ1v) is 9.85. The van der Waals surface area contributed by atoms with Crippen LogP contribution >= 0.6 is 0 Å². The normalized spacial score (nSPS) is 11.4. The smallest absolute Gasteiger partial charge is 0.0709 e. The fraction of sp³-hybridized carbons (Fsp3) is 0.435. The predicted molar refractivity (Wildman–Crippen MR) is 109 cm³/mol. The average Bonchev–Trinajstić information content (AvgIpc) is 2.65. The molecule has 2 aromatic carbocycles. The Morgan fingerprint density at radius 1 is 0.640 bits per heavy atom. The van der Waals surface area contributed by atoms with E-state index in [4.69, 9.17) is 10.7 Å². The lowest BCUT2D eigenvalue weighted by atomic mass is 10.0. The molecule has 0 radical (unpaired) electrons. The van der Waals surface area contributed by atoms with Crippen LogP contribution in [0.5, 0.6) is 0 Å². The number of hydrogen-bond acceptors (Lipinski definition) is 2. The fourth-order valence-corrected chi connectivity index (χ4v) is 3.52. The summed E-state index contributed by atoms with van der Waals surface area (Å²) >= 11 is 0. The Labute approximate surface area is 151 Å². The molecule has 0 bridgehead atoms. The van der Waals surface area contributed by atoms with E-state index < -0.39 is 0 Å². The van der Waals surface area contributed by atoms with Gasteiger partial charge in [0.1, 0.15) is 0 Å². The summed E-state index contributed by atoms with van der Waals surface area (Å²) in [4.78, 5) is 4.76. The highest BCUT2D eigenvalue weighted by molar-refractivity contribution is 5.92. The van der Waals surface area contributed by atoms with Crippen molar-refractivity contribution in [1.82, 2.24) is 4.98 Å². The first kappa shape index (κ1) is 17.9. The standard InChI is InChI=1S/C23H30N2/c24-16-10-6-4-2-1-3-5-7-11-19-14-15-23-21(17-19)18-20-12-8-9-13-22(20)25-23/h8-9,12-15,17-18H,1-7,10-11,16,24H2.